The van der Waals surface area contributed by atoms with Crippen molar-refractivity contribution in [2.75, 3.05) is 6.54 Å². The van der Waals surface area contributed by atoms with Crippen molar-refractivity contribution >= 4 is 11.3 Å². The summed E-state index contributed by atoms with van der Waals surface area (Å²) in [4.78, 5) is 11.8. The normalized spacial score (nSPS) is 12.4. The predicted molar refractivity (Wildman–Crippen MR) is 93.3 cm³/mol. The van der Waals surface area contributed by atoms with Gasteiger partial charge in [0.25, 0.3) is 0 Å². The number of benzene rings is 1. The topological polar surface area (TPSA) is 51.9 Å². The Labute approximate surface area is 139 Å². The maximum absolute atomic E-state index is 11.7. The Morgan fingerprint density at radius 3 is 2.70 bits per heavy atom. The van der Waals surface area contributed by atoms with Crippen LogP contribution in [0.3, 0.4) is 0 Å². The van der Waals surface area contributed by atoms with Gasteiger partial charge in [-0.15, -0.1) is 0 Å². The first-order chi connectivity index (χ1) is 11.1. The maximum Gasteiger partial charge on any atom is 0.307 e. The highest BCUT2D eigenvalue weighted by Crippen LogP contribution is 2.15. The van der Waals surface area contributed by atoms with Crippen molar-refractivity contribution < 1.29 is 0 Å². The lowest BCUT2D eigenvalue weighted by Crippen LogP contribution is -2.27. The average molecular weight is 328 g/mol. The van der Waals surface area contributed by atoms with Crippen molar-refractivity contribution in [1.82, 2.24) is 19.7 Å². The molecule has 0 spiro atoms. The molecule has 2 aromatic heterocycles. The van der Waals surface area contributed by atoms with Gasteiger partial charge < -0.3 is 9.88 Å². The molecule has 6 heteroatoms. The van der Waals surface area contributed by atoms with Gasteiger partial charge in [-0.2, -0.15) is 5.10 Å². The summed E-state index contributed by atoms with van der Waals surface area (Å²) in [5.74, 6) is 0. The highest BCUT2D eigenvalue weighted by Gasteiger charge is 2.07. The molecule has 0 saturated heterocycles. The monoisotopic (exact) mass is 328 g/mol. The van der Waals surface area contributed by atoms with Crippen LogP contribution in [-0.4, -0.2) is 20.9 Å². The minimum Gasteiger partial charge on any atom is -0.308 e. The predicted octanol–water partition coefficient (Wildman–Crippen LogP) is 2.75. The largest absolute Gasteiger partial charge is 0.308 e. The summed E-state index contributed by atoms with van der Waals surface area (Å²) in [5, 5.41) is 9.60. The van der Waals surface area contributed by atoms with Crippen LogP contribution in [0.1, 0.15) is 24.2 Å². The Hall–Kier alpha value is -2.18. The molecule has 0 amide bonds. The molecule has 1 atom stereocenters. The second-order valence-corrected chi connectivity index (χ2v) is 6.33. The van der Waals surface area contributed by atoms with Crippen molar-refractivity contribution in [2.24, 2.45) is 0 Å². The quantitative estimate of drug-likeness (QED) is 0.757. The van der Waals surface area contributed by atoms with Crippen molar-refractivity contribution in [1.29, 1.82) is 0 Å². The molecule has 1 N–H and O–H groups in total. The lowest BCUT2D eigenvalue weighted by atomic mass is 10.1. The Balaban J connectivity index is 1.58. The van der Waals surface area contributed by atoms with Crippen LogP contribution in [-0.2, 0) is 6.54 Å². The highest BCUT2D eigenvalue weighted by atomic mass is 32.1. The average Bonchev–Trinajstić information content (AvgIpc) is 3.20. The number of nitrogens with one attached hydrogen (secondary N) is 1. The molecule has 5 nitrogen and oxygen atoms in total. The van der Waals surface area contributed by atoms with Crippen molar-refractivity contribution in [3.63, 3.8) is 0 Å². The van der Waals surface area contributed by atoms with E-state index in [9.17, 15) is 4.79 Å². The SMILES string of the molecule is Cc1csc(=O)n1CCN[C@@H](C)c1ccc(-n2cccn2)cc1. The molecular formula is C17H20N4OS. The van der Waals surface area contributed by atoms with E-state index in [1.165, 1.54) is 16.9 Å². The third-order valence-electron chi connectivity index (χ3n) is 3.92. The zero-order chi connectivity index (χ0) is 16.2. The Morgan fingerprint density at radius 2 is 2.09 bits per heavy atom. The highest BCUT2D eigenvalue weighted by molar-refractivity contribution is 7.07. The Morgan fingerprint density at radius 1 is 1.30 bits per heavy atom. The Bertz CT molecular complexity index is 802. The molecule has 3 rings (SSSR count). The van der Waals surface area contributed by atoms with Crippen LogP contribution < -0.4 is 10.2 Å². The number of nitrogens with zero attached hydrogens (tertiary/aromatic N) is 3. The number of hydrogen-bond donors (Lipinski definition) is 1. The molecule has 0 aliphatic rings. The van der Waals surface area contributed by atoms with E-state index < -0.39 is 0 Å². The summed E-state index contributed by atoms with van der Waals surface area (Å²) in [6.07, 6.45) is 3.70. The van der Waals surface area contributed by atoms with Crippen LogP contribution in [0.4, 0.5) is 0 Å². The zero-order valence-electron chi connectivity index (χ0n) is 13.3. The summed E-state index contributed by atoms with van der Waals surface area (Å²) in [6, 6.07) is 10.5. The molecule has 3 aromatic rings. The zero-order valence-corrected chi connectivity index (χ0v) is 14.1. The van der Waals surface area contributed by atoms with Gasteiger partial charge in [0.2, 0.25) is 0 Å². The van der Waals surface area contributed by atoms with E-state index in [4.69, 9.17) is 0 Å². The van der Waals surface area contributed by atoms with Gasteiger partial charge in [-0.05, 0) is 37.6 Å². The number of thiazole rings is 1. The Kier molecular flexibility index (Phi) is 4.73. The van der Waals surface area contributed by atoms with Crippen molar-refractivity contribution in [2.45, 2.75) is 26.4 Å². The summed E-state index contributed by atoms with van der Waals surface area (Å²) in [7, 11) is 0. The standard InChI is InChI=1S/C17H20N4OS/c1-13-12-23-17(22)20(13)11-9-18-14(2)15-4-6-16(7-5-15)21-10-3-8-19-21/h3-8,10,12,14,18H,9,11H2,1-2H3/t14-/m0/s1. The summed E-state index contributed by atoms with van der Waals surface area (Å²) in [6.45, 7) is 5.56. The molecule has 23 heavy (non-hydrogen) atoms. The van der Waals surface area contributed by atoms with E-state index in [-0.39, 0.29) is 10.9 Å². The van der Waals surface area contributed by atoms with Gasteiger partial charge >= 0.3 is 4.87 Å². The maximum atomic E-state index is 11.7. The van der Waals surface area contributed by atoms with Crippen LogP contribution in [0.25, 0.3) is 5.69 Å². The van der Waals surface area contributed by atoms with Gasteiger partial charge in [-0.25, -0.2) is 4.68 Å². The third-order valence-corrected chi connectivity index (χ3v) is 4.81. The van der Waals surface area contributed by atoms with E-state index in [0.717, 1.165) is 17.9 Å². The molecule has 0 aliphatic carbocycles. The van der Waals surface area contributed by atoms with E-state index >= 15 is 0 Å². The molecule has 0 radical (unpaired) electrons. The molecule has 2 heterocycles. The fourth-order valence-corrected chi connectivity index (χ4v) is 3.28. The first kappa shape index (κ1) is 15.7. The third kappa shape index (κ3) is 3.60. The van der Waals surface area contributed by atoms with E-state index in [0.29, 0.717) is 6.54 Å². The molecule has 0 unspecified atom stereocenters. The van der Waals surface area contributed by atoms with Crippen LogP contribution >= 0.6 is 11.3 Å². The molecule has 120 valence electrons. The fraction of sp³-hybridized carbons (Fsp3) is 0.294. The lowest BCUT2D eigenvalue weighted by Gasteiger charge is -2.15. The fourth-order valence-electron chi connectivity index (χ4n) is 2.52. The molecular weight excluding hydrogens is 308 g/mol. The number of aryl methyl sites for hydroxylation is 1. The second kappa shape index (κ2) is 6.93. The van der Waals surface area contributed by atoms with Gasteiger partial charge in [0, 0.05) is 42.6 Å². The van der Waals surface area contributed by atoms with E-state index in [1.807, 2.05) is 33.8 Å². The summed E-state index contributed by atoms with van der Waals surface area (Å²) >= 11 is 1.26. The molecule has 0 fully saturated rings. The van der Waals surface area contributed by atoms with Crippen molar-refractivity contribution in [3.8, 4) is 5.69 Å². The minimum atomic E-state index is 0.112. The lowest BCUT2D eigenvalue weighted by molar-refractivity contribution is 0.524. The number of hydrogen-bond acceptors (Lipinski definition) is 4. The molecule has 1 aromatic carbocycles. The van der Waals surface area contributed by atoms with Gasteiger partial charge in [0.1, 0.15) is 0 Å². The van der Waals surface area contributed by atoms with Gasteiger partial charge in [0.15, 0.2) is 0 Å². The summed E-state index contributed by atoms with van der Waals surface area (Å²) < 4.78 is 3.65. The number of rotatable bonds is 6. The van der Waals surface area contributed by atoms with E-state index in [2.05, 4.69) is 41.6 Å². The van der Waals surface area contributed by atoms with Crippen LogP contribution in [0.2, 0.25) is 0 Å². The van der Waals surface area contributed by atoms with Crippen LogP contribution in [0.5, 0.6) is 0 Å². The van der Waals surface area contributed by atoms with Gasteiger partial charge in [-0.1, -0.05) is 23.5 Å². The van der Waals surface area contributed by atoms with Crippen LogP contribution in [0.15, 0.2) is 52.9 Å². The smallest absolute Gasteiger partial charge is 0.307 e. The number of aromatic nitrogens is 3. The van der Waals surface area contributed by atoms with Crippen molar-refractivity contribution in [3.05, 3.63) is 69.0 Å². The molecule has 0 bridgehead atoms. The molecule has 0 saturated carbocycles. The second-order valence-electron chi connectivity index (χ2n) is 5.51. The first-order valence-electron chi connectivity index (χ1n) is 7.63. The summed E-state index contributed by atoms with van der Waals surface area (Å²) in [5.41, 5.74) is 3.29. The van der Waals surface area contributed by atoms with E-state index in [1.54, 1.807) is 6.20 Å². The van der Waals surface area contributed by atoms with Gasteiger partial charge in [-0.3, -0.25) is 4.79 Å². The minimum absolute atomic E-state index is 0.112. The molecule has 0 aliphatic heterocycles. The van der Waals surface area contributed by atoms with Gasteiger partial charge in [0.05, 0.1) is 5.69 Å². The first-order valence-corrected chi connectivity index (χ1v) is 8.51. The van der Waals surface area contributed by atoms with Crippen LogP contribution in [0, 0.1) is 6.92 Å².